The van der Waals surface area contributed by atoms with Gasteiger partial charge in [-0.25, -0.2) is 0 Å². The number of hydrogen-bond acceptors (Lipinski definition) is 5. The SMILES string of the molecule is Cc1nn(Cc2cccc(C(=O)Nc3nn(Cc4ccc(Cl)cc4)cc3Br)c2)c(C)c1[N+](=O)[O-]. The minimum Gasteiger partial charge on any atom is -0.304 e. The molecule has 0 spiro atoms. The summed E-state index contributed by atoms with van der Waals surface area (Å²) in [7, 11) is 0. The molecule has 1 N–H and O–H groups in total. The van der Waals surface area contributed by atoms with Crippen molar-refractivity contribution >= 4 is 44.9 Å². The van der Waals surface area contributed by atoms with Crippen LogP contribution in [-0.4, -0.2) is 30.4 Å². The van der Waals surface area contributed by atoms with Gasteiger partial charge >= 0.3 is 5.69 Å². The highest BCUT2D eigenvalue weighted by Gasteiger charge is 2.22. The lowest BCUT2D eigenvalue weighted by Crippen LogP contribution is -2.14. The third kappa shape index (κ3) is 5.18. The topological polar surface area (TPSA) is 108 Å². The molecule has 0 fully saturated rings. The smallest absolute Gasteiger partial charge is 0.304 e. The van der Waals surface area contributed by atoms with Crippen LogP contribution < -0.4 is 5.32 Å². The van der Waals surface area contributed by atoms with Gasteiger partial charge in [0, 0.05) is 16.8 Å². The van der Waals surface area contributed by atoms with Gasteiger partial charge in [0.05, 0.1) is 22.5 Å². The van der Waals surface area contributed by atoms with Gasteiger partial charge in [0.15, 0.2) is 5.82 Å². The van der Waals surface area contributed by atoms with Crippen LogP contribution in [0.15, 0.2) is 59.2 Å². The van der Waals surface area contributed by atoms with E-state index in [0.29, 0.717) is 45.4 Å². The zero-order valence-corrected chi connectivity index (χ0v) is 20.7. The van der Waals surface area contributed by atoms with Gasteiger partial charge in [-0.15, -0.1) is 0 Å². The first kappa shape index (κ1) is 23.7. The van der Waals surface area contributed by atoms with Crippen LogP contribution in [0, 0.1) is 24.0 Å². The summed E-state index contributed by atoms with van der Waals surface area (Å²) >= 11 is 9.38. The standard InChI is InChI=1S/C23H20BrClN6O3/c1-14-21(31(33)34)15(2)30(27-14)12-17-4-3-5-18(10-17)23(32)26-22-20(24)13-29(28-22)11-16-6-8-19(25)9-7-16/h3-10,13H,11-12H2,1-2H3,(H,26,28,32). The summed E-state index contributed by atoms with van der Waals surface area (Å²) in [5.41, 5.74) is 3.08. The number of nitrogens with zero attached hydrogens (tertiary/aromatic N) is 5. The Morgan fingerprint density at radius 2 is 1.85 bits per heavy atom. The summed E-state index contributed by atoms with van der Waals surface area (Å²) in [6.45, 7) is 4.10. The normalized spacial score (nSPS) is 10.9. The minimum absolute atomic E-state index is 0.00735. The number of hydrogen-bond donors (Lipinski definition) is 1. The molecule has 0 atom stereocenters. The van der Waals surface area contributed by atoms with Crippen LogP contribution in [0.2, 0.25) is 5.02 Å². The number of anilines is 1. The Balaban J connectivity index is 1.48. The Labute approximate surface area is 208 Å². The molecule has 0 aliphatic carbocycles. The van der Waals surface area contributed by atoms with E-state index in [1.54, 1.807) is 47.6 Å². The lowest BCUT2D eigenvalue weighted by molar-refractivity contribution is -0.386. The number of carbonyl (C=O) groups is 1. The molecule has 0 bridgehead atoms. The number of aryl methyl sites for hydroxylation is 1. The Kier molecular flexibility index (Phi) is 6.80. The van der Waals surface area contributed by atoms with E-state index in [1.807, 2.05) is 30.3 Å². The summed E-state index contributed by atoms with van der Waals surface area (Å²) in [5, 5.41) is 23.5. The van der Waals surface area contributed by atoms with Crippen molar-refractivity contribution < 1.29 is 9.72 Å². The Morgan fingerprint density at radius 3 is 2.53 bits per heavy atom. The van der Waals surface area contributed by atoms with E-state index in [1.165, 1.54) is 0 Å². The number of nitrogens with one attached hydrogen (secondary N) is 1. The molecule has 0 aliphatic heterocycles. The van der Waals surface area contributed by atoms with Gasteiger partial charge in [-0.2, -0.15) is 10.2 Å². The molecule has 9 nitrogen and oxygen atoms in total. The number of halogens is 2. The predicted molar refractivity (Wildman–Crippen MR) is 132 cm³/mol. The van der Waals surface area contributed by atoms with Gasteiger partial charge in [0.1, 0.15) is 11.4 Å². The van der Waals surface area contributed by atoms with Gasteiger partial charge in [-0.1, -0.05) is 35.9 Å². The largest absolute Gasteiger partial charge is 0.312 e. The van der Waals surface area contributed by atoms with Gasteiger partial charge in [0.2, 0.25) is 0 Å². The third-order valence-electron chi connectivity index (χ3n) is 5.25. The minimum atomic E-state index is -0.429. The molecular weight excluding hydrogens is 524 g/mol. The summed E-state index contributed by atoms with van der Waals surface area (Å²) in [5.74, 6) is 0.0807. The second-order valence-electron chi connectivity index (χ2n) is 7.74. The molecule has 0 radical (unpaired) electrons. The van der Waals surface area contributed by atoms with Crippen molar-refractivity contribution in [1.29, 1.82) is 0 Å². The lowest BCUT2D eigenvalue weighted by atomic mass is 10.1. The first-order valence-electron chi connectivity index (χ1n) is 10.3. The quantitative estimate of drug-likeness (QED) is 0.249. The summed E-state index contributed by atoms with van der Waals surface area (Å²) in [6.07, 6.45) is 1.79. The van der Waals surface area contributed by atoms with Crippen molar-refractivity contribution in [3.05, 3.63) is 102 Å². The van der Waals surface area contributed by atoms with Gasteiger partial charge in [-0.05, 0) is 65.2 Å². The molecule has 2 heterocycles. The van der Waals surface area contributed by atoms with E-state index in [-0.39, 0.29) is 11.6 Å². The fourth-order valence-corrected chi connectivity index (χ4v) is 4.15. The molecule has 4 rings (SSSR count). The fraction of sp³-hybridized carbons (Fsp3) is 0.174. The second-order valence-corrected chi connectivity index (χ2v) is 9.03. The van der Waals surface area contributed by atoms with Crippen LogP contribution in [0.1, 0.15) is 32.9 Å². The average molecular weight is 544 g/mol. The molecule has 174 valence electrons. The van der Waals surface area contributed by atoms with E-state index < -0.39 is 4.92 Å². The van der Waals surface area contributed by atoms with Gasteiger partial charge in [0.25, 0.3) is 5.91 Å². The van der Waals surface area contributed by atoms with Crippen LogP contribution in [0.5, 0.6) is 0 Å². The maximum Gasteiger partial charge on any atom is 0.312 e. The van der Waals surface area contributed by atoms with E-state index in [0.717, 1.165) is 11.1 Å². The molecule has 0 saturated heterocycles. The maximum absolute atomic E-state index is 12.9. The maximum atomic E-state index is 12.9. The number of amides is 1. The predicted octanol–water partition coefficient (Wildman–Crippen LogP) is 5.37. The van der Waals surface area contributed by atoms with Crippen molar-refractivity contribution in [2.45, 2.75) is 26.9 Å². The van der Waals surface area contributed by atoms with Crippen LogP contribution in [0.3, 0.4) is 0 Å². The number of carbonyl (C=O) groups excluding carboxylic acids is 1. The van der Waals surface area contributed by atoms with Crippen molar-refractivity contribution in [3.63, 3.8) is 0 Å². The van der Waals surface area contributed by atoms with Gasteiger partial charge < -0.3 is 5.32 Å². The molecule has 11 heteroatoms. The van der Waals surface area contributed by atoms with Crippen molar-refractivity contribution in [2.24, 2.45) is 0 Å². The first-order valence-corrected chi connectivity index (χ1v) is 11.4. The fourth-order valence-electron chi connectivity index (χ4n) is 3.61. The van der Waals surface area contributed by atoms with Crippen molar-refractivity contribution in [3.8, 4) is 0 Å². The third-order valence-corrected chi connectivity index (χ3v) is 6.09. The summed E-state index contributed by atoms with van der Waals surface area (Å²) < 4.78 is 3.94. The van der Waals surface area contributed by atoms with Crippen LogP contribution in [0.4, 0.5) is 11.5 Å². The highest BCUT2D eigenvalue weighted by molar-refractivity contribution is 9.10. The molecule has 0 saturated carbocycles. The number of benzene rings is 2. The highest BCUT2D eigenvalue weighted by Crippen LogP contribution is 2.24. The molecule has 2 aromatic heterocycles. The summed E-state index contributed by atoms with van der Waals surface area (Å²) in [4.78, 5) is 23.7. The highest BCUT2D eigenvalue weighted by atomic mass is 79.9. The molecular formula is C23H20BrClN6O3. The van der Waals surface area contributed by atoms with Crippen LogP contribution >= 0.6 is 27.5 Å². The van der Waals surface area contributed by atoms with E-state index in [9.17, 15) is 14.9 Å². The second kappa shape index (κ2) is 9.78. The van der Waals surface area contributed by atoms with Crippen LogP contribution in [-0.2, 0) is 13.1 Å². The number of aromatic nitrogens is 4. The van der Waals surface area contributed by atoms with Gasteiger partial charge in [-0.3, -0.25) is 24.3 Å². The molecule has 2 aromatic carbocycles. The Bertz CT molecular complexity index is 1380. The monoisotopic (exact) mass is 542 g/mol. The van der Waals surface area contributed by atoms with E-state index >= 15 is 0 Å². The van der Waals surface area contributed by atoms with Crippen molar-refractivity contribution in [1.82, 2.24) is 19.6 Å². The molecule has 0 aliphatic rings. The molecule has 4 aromatic rings. The molecule has 0 unspecified atom stereocenters. The molecule has 34 heavy (non-hydrogen) atoms. The lowest BCUT2D eigenvalue weighted by Gasteiger charge is -2.07. The first-order chi connectivity index (χ1) is 16.2. The van der Waals surface area contributed by atoms with Crippen molar-refractivity contribution in [2.75, 3.05) is 5.32 Å². The van der Waals surface area contributed by atoms with Crippen LogP contribution in [0.25, 0.3) is 0 Å². The average Bonchev–Trinajstić information content (AvgIpc) is 3.27. The number of nitro groups is 1. The zero-order valence-electron chi connectivity index (χ0n) is 18.3. The van der Waals surface area contributed by atoms with E-state index in [4.69, 9.17) is 11.6 Å². The Hall–Kier alpha value is -3.50. The summed E-state index contributed by atoms with van der Waals surface area (Å²) in [6, 6.07) is 14.5. The Morgan fingerprint density at radius 1 is 1.12 bits per heavy atom. The number of rotatable bonds is 7. The molecule has 1 amide bonds. The zero-order chi connectivity index (χ0) is 24.4. The van der Waals surface area contributed by atoms with E-state index in [2.05, 4.69) is 31.4 Å².